The van der Waals surface area contributed by atoms with Gasteiger partial charge in [-0.15, -0.1) is 0 Å². The first-order valence-corrected chi connectivity index (χ1v) is 6.17. The average molecular weight is 259 g/mol. The van der Waals surface area contributed by atoms with Crippen LogP contribution in [-0.2, 0) is 6.54 Å². The molecule has 4 nitrogen and oxygen atoms in total. The molecular formula is C15H17NO3. The van der Waals surface area contributed by atoms with Crippen molar-refractivity contribution >= 4 is 5.97 Å². The Kier molecular flexibility index (Phi) is 4.02. The van der Waals surface area contributed by atoms with Crippen LogP contribution in [0, 0.1) is 6.92 Å². The number of hydrogen-bond acceptors (Lipinski definition) is 3. The van der Waals surface area contributed by atoms with Crippen molar-refractivity contribution < 1.29 is 14.3 Å². The van der Waals surface area contributed by atoms with Gasteiger partial charge >= 0.3 is 5.97 Å². The Morgan fingerprint density at radius 3 is 2.89 bits per heavy atom. The molecule has 0 fully saturated rings. The van der Waals surface area contributed by atoms with Gasteiger partial charge in [0, 0.05) is 18.2 Å². The van der Waals surface area contributed by atoms with Crippen molar-refractivity contribution in [1.29, 1.82) is 0 Å². The van der Waals surface area contributed by atoms with E-state index in [4.69, 9.17) is 9.52 Å². The van der Waals surface area contributed by atoms with Gasteiger partial charge in [-0.05, 0) is 25.5 Å². The van der Waals surface area contributed by atoms with Gasteiger partial charge in [0.1, 0.15) is 0 Å². The summed E-state index contributed by atoms with van der Waals surface area (Å²) < 4.78 is 4.94. The summed E-state index contributed by atoms with van der Waals surface area (Å²) in [4.78, 5) is 10.9. The molecule has 0 aliphatic rings. The third-order valence-electron chi connectivity index (χ3n) is 3.08. The second-order valence-corrected chi connectivity index (χ2v) is 4.60. The topological polar surface area (TPSA) is 62.5 Å². The highest BCUT2D eigenvalue weighted by atomic mass is 16.4. The second-order valence-electron chi connectivity index (χ2n) is 4.60. The van der Waals surface area contributed by atoms with Gasteiger partial charge in [-0.2, -0.15) is 0 Å². The van der Waals surface area contributed by atoms with Crippen molar-refractivity contribution in [2.24, 2.45) is 0 Å². The van der Waals surface area contributed by atoms with Crippen LogP contribution in [0.4, 0.5) is 0 Å². The van der Waals surface area contributed by atoms with E-state index in [0.29, 0.717) is 12.1 Å². The molecule has 1 heterocycles. The zero-order chi connectivity index (χ0) is 13.8. The quantitative estimate of drug-likeness (QED) is 0.866. The number of benzene rings is 1. The first-order chi connectivity index (χ1) is 9.08. The van der Waals surface area contributed by atoms with Crippen molar-refractivity contribution in [3.8, 4) is 0 Å². The van der Waals surface area contributed by atoms with Crippen LogP contribution in [0.3, 0.4) is 0 Å². The van der Waals surface area contributed by atoms with E-state index in [-0.39, 0.29) is 11.8 Å². The van der Waals surface area contributed by atoms with E-state index >= 15 is 0 Å². The average Bonchev–Trinajstić information content (AvgIpc) is 2.84. The van der Waals surface area contributed by atoms with E-state index < -0.39 is 5.97 Å². The van der Waals surface area contributed by atoms with Crippen LogP contribution in [-0.4, -0.2) is 11.1 Å². The predicted octanol–water partition coefficient (Wildman–Crippen LogP) is 3.14. The number of nitrogens with one attached hydrogen (secondary N) is 1. The fraction of sp³-hybridized carbons (Fsp3) is 0.267. The summed E-state index contributed by atoms with van der Waals surface area (Å²) in [5.74, 6) is -1.03. The molecule has 1 atom stereocenters. The van der Waals surface area contributed by atoms with E-state index in [0.717, 1.165) is 0 Å². The fourth-order valence-corrected chi connectivity index (χ4v) is 1.98. The summed E-state index contributed by atoms with van der Waals surface area (Å²) in [6.07, 6.45) is 1.40. The second kappa shape index (κ2) is 5.71. The lowest BCUT2D eigenvalue weighted by Gasteiger charge is -2.14. The summed E-state index contributed by atoms with van der Waals surface area (Å²) >= 11 is 0. The molecule has 19 heavy (non-hydrogen) atoms. The molecule has 2 N–H and O–H groups in total. The van der Waals surface area contributed by atoms with Crippen molar-refractivity contribution in [2.75, 3.05) is 0 Å². The van der Waals surface area contributed by atoms with Crippen molar-refractivity contribution in [2.45, 2.75) is 26.4 Å². The van der Waals surface area contributed by atoms with Crippen LogP contribution >= 0.6 is 0 Å². The van der Waals surface area contributed by atoms with E-state index in [2.05, 4.69) is 37.4 Å². The third kappa shape index (κ3) is 3.23. The Balaban J connectivity index is 2.02. The lowest BCUT2D eigenvalue weighted by Crippen LogP contribution is -2.19. The molecule has 4 heteroatoms. The standard InChI is InChI=1S/C15H17NO3/c1-10-4-3-5-12(8-10)11(2)16-9-13-6-7-19-14(13)15(17)18/h3-8,11,16H,9H2,1-2H3,(H,17,18)/t11-/m0/s1. The number of aryl methyl sites for hydroxylation is 1. The molecule has 0 saturated heterocycles. The van der Waals surface area contributed by atoms with Gasteiger partial charge in [0.25, 0.3) is 0 Å². The van der Waals surface area contributed by atoms with E-state index in [1.807, 2.05) is 6.07 Å². The maximum absolute atomic E-state index is 10.9. The highest BCUT2D eigenvalue weighted by Crippen LogP contribution is 2.16. The van der Waals surface area contributed by atoms with Crippen LogP contribution in [0.2, 0.25) is 0 Å². The molecule has 0 unspecified atom stereocenters. The SMILES string of the molecule is Cc1cccc([C@H](C)NCc2ccoc2C(=O)O)c1. The van der Waals surface area contributed by atoms with Gasteiger partial charge in [0.05, 0.1) is 6.26 Å². The fourth-order valence-electron chi connectivity index (χ4n) is 1.98. The maximum Gasteiger partial charge on any atom is 0.372 e. The number of carbonyl (C=O) groups is 1. The Hall–Kier alpha value is -2.07. The number of furan rings is 1. The van der Waals surface area contributed by atoms with Crippen LogP contribution < -0.4 is 5.32 Å². The predicted molar refractivity (Wildman–Crippen MR) is 72.1 cm³/mol. The summed E-state index contributed by atoms with van der Waals surface area (Å²) in [6, 6.07) is 10.1. The minimum absolute atomic E-state index is 0.00365. The van der Waals surface area contributed by atoms with Gasteiger partial charge in [0.15, 0.2) is 0 Å². The molecule has 2 rings (SSSR count). The Labute approximate surface area is 112 Å². The van der Waals surface area contributed by atoms with Gasteiger partial charge < -0.3 is 14.8 Å². The summed E-state index contributed by atoms with van der Waals surface area (Å²) in [7, 11) is 0. The normalized spacial score (nSPS) is 12.3. The number of carboxylic acids is 1. The molecule has 0 saturated carbocycles. The van der Waals surface area contributed by atoms with Crippen LogP contribution in [0.1, 0.15) is 40.2 Å². The van der Waals surface area contributed by atoms with Gasteiger partial charge in [-0.3, -0.25) is 0 Å². The molecule has 0 bridgehead atoms. The van der Waals surface area contributed by atoms with Crippen molar-refractivity contribution in [1.82, 2.24) is 5.32 Å². The molecule has 2 aromatic rings. The van der Waals surface area contributed by atoms with Gasteiger partial charge in [0.2, 0.25) is 5.76 Å². The number of rotatable bonds is 5. The Bertz CT molecular complexity index is 574. The molecule has 0 radical (unpaired) electrons. The summed E-state index contributed by atoms with van der Waals surface area (Å²) in [6.45, 7) is 4.57. The van der Waals surface area contributed by atoms with Crippen molar-refractivity contribution in [3.05, 3.63) is 59.0 Å². The van der Waals surface area contributed by atoms with Crippen LogP contribution in [0.15, 0.2) is 41.0 Å². The van der Waals surface area contributed by atoms with Crippen molar-refractivity contribution in [3.63, 3.8) is 0 Å². The summed E-state index contributed by atoms with van der Waals surface area (Å²) in [5, 5.41) is 12.3. The van der Waals surface area contributed by atoms with Gasteiger partial charge in [-0.1, -0.05) is 29.8 Å². The lowest BCUT2D eigenvalue weighted by atomic mass is 10.1. The first kappa shape index (κ1) is 13.4. The zero-order valence-corrected chi connectivity index (χ0v) is 11.0. The Morgan fingerprint density at radius 1 is 1.42 bits per heavy atom. The molecule has 0 spiro atoms. The van der Waals surface area contributed by atoms with E-state index in [1.54, 1.807) is 6.07 Å². The maximum atomic E-state index is 10.9. The Morgan fingerprint density at radius 2 is 2.21 bits per heavy atom. The monoisotopic (exact) mass is 259 g/mol. The molecule has 100 valence electrons. The number of carboxylic acid groups (broad SMARTS) is 1. The first-order valence-electron chi connectivity index (χ1n) is 6.17. The minimum atomic E-state index is -1.04. The lowest BCUT2D eigenvalue weighted by molar-refractivity contribution is 0.0660. The van der Waals surface area contributed by atoms with E-state index in [1.165, 1.54) is 17.4 Å². The van der Waals surface area contributed by atoms with Gasteiger partial charge in [-0.25, -0.2) is 4.79 Å². The highest BCUT2D eigenvalue weighted by molar-refractivity contribution is 5.86. The van der Waals surface area contributed by atoms with Crippen LogP contribution in [0.5, 0.6) is 0 Å². The van der Waals surface area contributed by atoms with Crippen LogP contribution in [0.25, 0.3) is 0 Å². The zero-order valence-electron chi connectivity index (χ0n) is 11.0. The number of hydrogen-bond donors (Lipinski definition) is 2. The van der Waals surface area contributed by atoms with E-state index in [9.17, 15) is 4.79 Å². The minimum Gasteiger partial charge on any atom is -0.475 e. The molecule has 1 aromatic heterocycles. The molecular weight excluding hydrogens is 242 g/mol. The highest BCUT2D eigenvalue weighted by Gasteiger charge is 2.14. The summed E-state index contributed by atoms with van der Waals surface area (Å²) in [5.41, 5.74) is 3.05. The largest absolute Gasteiger partial charge is 0.475 e. The molecule has 0 aliphatic carbocycles. The number of aromatic carboxylic acids is 1. The molecule has 0 aliphatic heterocycles. The molecule has 1 aromatic carbocycles. The molecule has 0 amide bonds. The third-order valence-corrected chi connectivity index (χ3v) is 3.08. The smallest absolute Gasteiger partial charge is 0.372 e.